The second-order valence-electron chi connectivity index (χ2n) is 3.29. The molecule has 5 nitrogen and oxygen atoms in total. The molecule has 1 heterocycles. The fourth-order valence-corrected chi connectivity index (χ4v) is 1.43. The molecule has 2 N–H and O–H groups in total. The van der Waals surface area contributed by atoms with Crippen molar-refractivity contribution in [2.45, 2.75) is 0 Å². The summed E-state index contributed by atoms with van der Waals surface area (Å²) in [5.74, 6) is -0.981. The van der Waals surface area contributed by atoms with Crippen LogP contribution in [0, 0.1) is 0 Å². The number of amides is 2. The summed E-state index contributed by atoms with van der Waals surface area (Å²) in [4.78, 5) is 23.5. The number of rotatable bonds is 2. The Morgan fingerprint density at radius 3 is 2.56 bits per heavy atom. The number of aromatic carboxylic acids is 1. The molecule has 0 aromatic heterocycles. The molecule has 5 heteroatoms. The molecular formula is C11H10N2O3. The minimum atomic E-state index is -0.981. The molecule has 0 unspecified atom stereocenters. The zero-order valence-corrected chi connectivity index (χ0v) is 8.38. The van der Waals surface area contributed by atoms with Crippen molar-refractivity contribution >= 4 is 17.7 Å². The predicted octanol–water partition coefficient (Wildman–Crippen LogP) is 1.43. The van der Waals surface area contributed by atoms with E-state index in [4.69, 9.17) is 5.11 Å². The molecule has 1 aliphatic heterocycles. The summed E-state index contributed by atoms with van der Waals surface area (Å²) in [6, 6.07) is 5.91. The Morgan fingerprint density at radius 1 is 1.31 bits per heavy atom. The Kier molecular flexibility index (Phi) is 2.59. The van der Waals surface area contributed by atoms with Crippen molar-refractivity contribution in [1.82, 2.24) is 5.32 Å². The van der Waals surface area contributed by atoms with Gasteiger partial charge < -0.3 is 10.4 Å². The molecule has 0 radical (unpaired) electrons. The number of carboxylic acid groups (broad SMARTS) is 1. The molecule has 0 fully saturated rings. The van der Waals surface area contributed by atoms with Crippen molar-refractivity contribution in [2.75, 3.05) is 11.4 Å². The van der Waals surface area contributed by atoms with Gasteiger partial charge in [0.25, 0.3) is 0 Å². The van der Waals surface area contributed by atoms with Crippen LogP contribution in [0.15, 0.2) is 36.5 Å². The Bertz CT molecular complexity index is 451. The Labute approximate surface area is 92.0 Å². The zero-order chi connectivity index (χ0) is 11.5. The van der Waals surface area contributed by atoms with E-state index in [0.717, 1.165) is 0 Å². The lowest BCUT2D eigenvalue weighted by Crippen LogP contribution is -2.39. The predicted molar refractivity (Wildman–Crippen MR) is 58.4 cm³/mol. The zero-order valence-electron chi connectivity index (χ0n) is 8.38. The van der Waals surface area contributed by atoms with Gasteiger partial charge in [0.2, 0.25) is 0 Å². The first-order valence-electron chi connectivity index (χ1n) is 4.75. The molecule has 0 saturated carbocycles. The highest BCUT2D eigenvalue weighted by Crippen LogP contribution is 2.17. The standard InChI is InChI=1S/C11H10N2O3/c14-10(15)8-2-4-9(5-3-8)13-7-1-6-12-11(13)16/h1-5,7H,6H2,(H,12,16)(H,14,15). The molecule has 0 aliphatic carbocycles. The van der Waals surface area contributed by atoms with Crippen molar-refractivity contribution in [2.24, 2.45) is 0 Å². The summed E-state index contributed by atoms with van der Waals surface area (Å²) < 4.78 is 0. The largest absolute Gasteiger partial charge is 0.478 e. The lowest BCUT2D eigenvalue weighted by molar-refractivity contribution is 0.0697. The summed E-state index contributed by atoms with van der Waals surface area (Å²) in [6.45, 7) is 0.516. The molecule has 1 aromatic rings. The lowest BCUT2D eigenvalue weighted by atomic mass is 10.2. The normalized spacial score (nSPS) is 14.8. The number of nitrogens with zero attached hydrogens (tertiary/aromatic N) is 1. The van der Waals surface area contributed by atoms with E-state index < -0.39 is 5.97 Å². The van der Waals surface area contributed by atoms with Gasteiger partial charge in [-0.05, 0) is 30.3 Å². The SMILES string of the molecule is O=C(O)c1ccc(N2C=CCNC2=O)cc1. The van der Waals surface area contributed by atoms with Gasteiger partial charge in [-0.25, -0.2) is 9.59 Å². The molecule has 16 heavy (non-hydrogen) atoms. The molecule has 0 atom stereocenters. The van der Waals surface area contributed by atoms with Crippen LogP contribution in [0.1, 0.15) is 10.4 Å². The van der Waals surface area contributed by atoms with Crippen LogP contribution in [0.25, 0.3) is 0 Å². The van der Waals surface area contributed by atoms with E-state index in [1.54, 1.807) is 18.3 Å². The van der Waals surface area contributed by atoms with Gasteiger partial charge in [-0.1, -0.05) is 0 Å². The summed E-state index contributed by atoms with van der Waals surface area (Å²) >= 11 is 0. The smallest absolute Gasteiger partial charge is 0.335 e. The van der Waals surface area contributed by atoms with Crippen LogP contribution in [0.5, 0.6) is 0 Å². The molecular weight excluding hydrogens is 208 g/mol. The quantitative estimate of drug-likeness (QED) is 0.788. The number of carboxylic acids is 1. The third kappa shape index (κ3) is 1.88. The van der Waals surface area contributed by atoms with Gasteiger partial charge in [-0.15, -0.1) is 0 Å². The number of anilines is 1. The van der Waals surface area contributed by atoms with E-state index in [1.165, 1.54) is 17.0 Å². The number of hydrogen-bond donors (Lipinski definition) is 2. The minimum Gasteiger partial charge on any atom is -0.478 e. The maximum atomic E-state index is 11.5. The van der Waals surface area contributed by atoms with Crippen molar-refractivity contribution in [1.29, 1.82) is 0 Å². The molecule has 2 rings (SSSR count). The van der Waals surface area contributed by atoms with Gasteiger partial charge in [-0.2, -0.15) is 0 Å². The average molecular weight is 218 g/mol. The van der Waals surface area contributed by atoms with E-state index in [-0.39, 0.29) is 11.6 Å². The maximum absolute atomic E-state index is 11.5. The van der Waals surface area contributed by atoms with E-state index >= 15 is 0 Å². The summed E-state index contributed by atoms with van der Waals surface area (Å²) in [5.41, 5.74) is 0.837. The van der Waals surface area contributed by atoms with E-state index in [1.807, 2.05) is 6.08 Å². The highest BCUT2D eigenvalue weighted by atomic mass is 16.4. The fourth-order valence-electron chi connectivity index (χ4n) is 1.43. The molecule has 0 bridgehead atoms. The molecule has 2 amide bonds. The lowest BCUT2D eigenvalue weighted by Gasteiger charge is -2.22. The topological polar surface area (TPSA) is 69.6 Å². The number of carbonyl (C=O) groups excluding carboxylic acids is 1. The van der Waals surface area contributed by atoms with Crippen LogP contribution in [-0.2, 0) is 0 Å². The van der Waals surface area contributed by atoms with Gasteiger partial charge in [0.15, 0.2) is 0 Å². The van der Waals surface area contributed by atoms with Crippen molar-refractivity contribution in [3.05, 3.63) is 42.1 Å². The van der Waals surface area contributed by atoms with Crippen LogP contribution >= 0.6 is 0 Å². The fraction of sp³-hybridized carbons (Fsp3) is 0.0909. The summed E-state index contributed by atoms with van der Waals surface area (Å²) in [7, 11) is 0. The second-order valence-corrected chi connectivity index (χ2v) is 3.29. The Hall–Kier alpha value is -2.30. The Balaban J connectivity index is 2.27. The first kappa shape index (κ1) is 10.2. The molecule has 0 spiro atoms. The number of urea groups is 1. The van der Waals surface area contributed by atoms with Crippen LogP contribution in [0.2, 0.25) is 0 Å². The highest BCUT2D eigenvalue weighted by Gasteiger charge is 2.15. The van der Waals surface area contributed by atoms with Crippen LogP contribution < -0.4 is 10.2 Å². The molecule has 1 aromatic carbocycles. The van der Waals surface area contributed by atoms with Gasteiger partial charge in [0.1, 0.15) is 0 Å². The van der Waals surface area contributed by atoms with Crippen molar-refractivity contribution in [3.63, 3.8) is 0 Å². The minimum absolute atomic E-state index is 0.199. The molecule has 0 saturated heterocycles. The van der Waals surface area contributed by atoms with Crippen LogP contribution in [-0.4, -0.2) is 23.7 Å². The van der Waals surface area contributed by atoms with Gasteiger partial charge in [0.05, 0.1) is 11.3 Å². The summed E-state index contributed by atoms with van der Waals surface area (Å²) in [5, 5.41) is 11.4. The monoisotopic (exact) mass is 218 g/mol. The first-order chi connectivity index (χ1) is 7.68. The average Bonchev–Trinajstić information content (AvgIpc) is 2.30. The number of hydrogen-bond acceptors (Lipinski definition) is 2. The summed E-state index contributed by atoms with van der Waals surface area (Å²) in [6.07, 6.45) is 3.47. The maximum Gasteiger partial charge on any atom is 0.335 e. The third-order valence-electron chi connectivity index (χ3n) is 2.24. The van der Waals surface area contributed by atoms with Crippen LogP contribution in [0.3, 0.4) is 0 Å². The van der Waals surface area contributed by atoms with E-state index in [0.29, 0.717) is 12.2 Å². The first-order valence-corrected chi connectivity index (χ1v) is 4.75. The second kappa shape index (κ2) is 4.06. The van der Waals surface area contributed by atoms with E-state index in [2.05, 4.69) is 5.32 Å². The number of carbonyl (C=O) groups is 2. The Morgan fingerprint density at radius 2 is 2.00 bits per heavy atom. The third-order valence-corrected chi connectivity index (χ3v) is 2.24. The number of benzene rings is 1. The van der Waals surface area contributed by atoms with Gasteiger partial charge >= 0.3 is 12.0 Å². The number of nitrogens with one attached hydrogen (secondary N) is 1. The highest BCUT2D eigenvalue weighted by molar-refractivity contribution is 5.95. The molecule has 1 aliphatic rings. The van der Waals surface area contributed by atoms with Crippen molar-refractivity contribution < 1.29 is 14.7 Å². The van der Waals surface area contributed by atoms with E-state index in [9.17, 15) is 9.59 Å². The van der Waals surface area contributed by atoms with Crippen molar-refractivity contribution in [3.8, 4) is 0 Å². The van der Waals surface area contributed by atoms with Gasteiger partial charge in [-0.3, -0.25) is 4.90 Å². The van der Waals surface area contributed by atoms with Gasteiger partial charge in [0, 0.05) is 12.7 Å². The molecule has 82 valence electrons. The van der Waals surface area contributed by atoms with Crippen LogP contribution in [0.4, 0.5) is 10.5 Å².